The highest BCUT2D eigenvalue weighted by molar-refractivity contribution is 7.92. The molecule has 0 bridgehead atoms. The SMILES string of the molecule is CC(C)[C@H](NC(=O)CCC(O)(Cc1ccccc1)C(=O)Nc1cc(C(=O)N[C@H](C)c2ccc(F)cc2)cc(N(C)S(C)(=O)=O)c1)C(=O)NCc1ccccc1. The van der Waals surface area contributed by atoms with E-state index in [9.17, 15) is 37.1 Å². The van der Waals surface area contributed by atoms with Crippen molar-refractivity contribution < 1.29 is 37.1 Å². The maximum atomic E-state index is 14.0. The molecular weight excluding hydrogens is 726 g/mol. The molecule has 14 heteroatoms. The maximum Gasteiger partial charge on any atom is 0.256 e. The first kappa shape index (κ1) is 42.1. The molecule has 0 spiro atoms. The predicted octanol–water partition coefficient (Wildman–Crippen LogP) is 4.86. The van der Waals surface area contributed by atoms with Gasteiger partial charge in [0, 0.05) is 37.7 Å². The fraction of sp³-hybridized carbons (Fsp3) is 0.317. The van der Waals surface area contributed by atoms with Crippen molar-refractivity contribution in [3.05, 3.63) is 131 Å². The van der Waals surface area contributed by atoms with Crippen LogP contribution in [0.5, 0.6) is 0 Å². The number of sulfonamides is 1. The van der Waals surface area contributed by atoms with Crippen molar-refractivity contribution in [3.63, 3.8) is 0 Å². The summed E-state index contributed by atoms with van der Waals surface area (Å²) in [6.45, 7) is 5.55. The molecule has 3 atom stereocenters. The average molecular weight is 774 g/mol. The third kappa shape index (κ3) is 12.2. The van der Waals surface area contributed by atoms with E-state index < -0.39 is 51.2 Å². The van der Waals surface area contributed by atoms with Gasteiger partial charge in [-0.15, -0.1) is 0 Å². The second-order valence-electron chi connectivity index (χ2n) is 13.9. The molecule has 0 aliphatic rings. The number of amides is 4. The van der Waals surface area contributed by atoms with Crippen LogP contribution in [0.25, 0.3) is 0 Å². The summed E-state index contributed by atoms with van der Waals surface area (Å²) in [5, 5.41) is 23.0. The summed E-state index contributed by atoms with van der Waals surface area (Å²) in [7, 11) is -2.52. The number of nitrogens with zero attached hydrogens (tertiary/aromatic N) is 1. The molecule has 292 valence electrons. The van der Waals surface area contributed by atoms with Crippen molar-refractivity contribution in [2.75, 3.05) is 22.9 Å². The van der Waals surface area contributed by atoms with Gasteiger partial charge in [-0.3, -0.25) is 23.5 Å². The van der Waals surface area contributed by atoms with Crippen molar-refractivity contribution in [2.45, 2.75) is 64.3 Å². The largest absolute Gasteiger partial charge is 0.380 e. The van der Waals surface area contributed by atoms with Crippen LogP contribution in [-0.2, 0) is 37.4 Å². The molecule has 12 nitrogen and oxygen atoms in total. The van der Waals surface area contributed by atoms with Crippen LogP contribution >= 0.6 is 0 Å². The Labute approximate surface area is 321 Å². The Kier molecular flexibility index (Phi) is 14.3. The van der Waals surface area contributed by atoms with E-state index in [0.717, 1.165) is 16.1 Å². The fourth-order valence-corrected chi connectivity index (χ4v) is 6.25. The molecule has 4 amide bonds. The number of nitrogens with one attached hydrogen (secondary N) is 4. The standard InChI is InChI=1S/C41H48FN5O7S/c1-27(2)37(39(50)43-26-30-14-10-7-11-15-30)46-36(48)20-21-41(52,25-29-12-8-6-9-13-29)40(51)45-34-22-32(23-35(24-34)47(4)55(5,53)54)38(49)44-28(3)31-16-18-33(42)19-17-31/h6-19,22-24,27-28,37,52H,20-21,25-26H2,1-5H3,(H,43,50)(H,44,49)(H,45,51)(H,46,48)/t28-,37+,41?/m1/s1. The normalized spacial score (nSPS) is 13.5. The monoisotopic (exact) mass is 773 g/mol. The Hall–Kier alpha value is -5.60. The van der Waals surface area contributed by atoms with E-state index in [1.165, 1.54) is 49.5 Å². The van der Waals surface area contributed by atoms with E-state index >= 15 is 0 Å². The van der Waals surface area contributed by atoms with Crippen LogP contribution in [0.2, 0.25) is 0 Å². The van der Waals surface area contributed by atoms with Gasteiger partial charge in [0.2, 0.25) is 21.8 Å². The first-order valence-electron chi connectivity index (χ1n) is 17.8. The third-order valence-electron chi connectivity index (χ3n) is 9.12. The van der Waals surface area contributed by atoms with Gasteiger partial charge >= 0.3 is 0 Å². The van der Waals surface area contributed by atoms with Crippen molar-refractivity contribution >= 4 is 45.0 Å². The Balaban J connectivity index is 1.56. The van der Waals surface area contributed by atoms with Crippen LogP contribution in [0, 0.1) is 11.7 Å². The maximum absolute atomic E-state index is 14.0. The Bertz CT molecular complexity index is 2070. The highest BCUT2D eigenvalue weighted by Gasteiger charge is 2.37. The highest BCUT2D eigenvalue weighted by Crippen LogP contribution is 2.27. The molecule has 0 heterocycles. The second kappa shape index (κ2) is 18.6. The molecule has 4 aromatic carbocycles. The average Bonchev–Trinajstić information content (AvgIpc) is 3.15. The van der Waals surface area contributed by atoms with Crippen LogP contribution in [-0.4, -0.2) is 62.1 Å². The second-order valence-corrected chi connectivity index (χ2v) is 15.9. The quantitative estimate of drug-likeness (QED) is 0.102. The number of rotatable bonds is 17. The van der Waals surface area contributed by atoms with Gasteiger partial charge in [0.25, 0.3) is 11.8 Å². The fourth-order valence-electron chi connectivity index (χ4n) is 5.76. The van der Waals surface area contributed by atoms with Gasteiger partial charge in [-0.05, 0) is 66.3 Å². The van der Waals surface area contributed by atoms with Crippen molar-refractivity contribution in [3.8, 4) is 0 Å². The topological polar surface area (TPSA) is 174 Å². The highest BCUT2D eigenvalue weighted by atomic mass is 32.2. The van der Waals surface area contributed by atoms with E-state index in [4.69, 9.17) is 0 Å². The number of hydrogen-bond acceptors (Lipinski definition) is 7. The lowest BCUT2D eigenvalue weighted by Crippen LogP contribution is -2.50. The first-order chi connectivity index (χ1) is 25.9. The molecule has 0 aromatic heterocycles. The van der Waals surface area contributed by atoms with Crippen LogP contribution in [0.1, 0.15) is 66.7 Å². The number of carbonyl (C=O) groups excluding carboxylic acids is 4. The smallest absolute Gasteiger partial charge is 0.256 e. The number of halogens is 1. The minimum Gasteiger partial charge on any atom is -0.380 e. The molecule has 4 rings (SSSR count). The summed E-state index contributed by atoms with van der Waals surface area (Å²) in [6.07, 6.45) is 0.123. The van der Waals surface area contributed by atoms with Crippen molar-refractivity contribution in [1.82, 2.24) is 16.0 Å². The summed E-state index contributed by atoms with van der Waals surface area (Å²) < 4.78 is 39.5. The molecule has 5 N–H and O–H groups in total. The number of benzene rings is 4. The lowest BCUT2D eigenvalue weighted by molar-refractivity contribution is -0.137. The lowest BCUT2D eigenvalue weighted by Gasteiger charge is -2.28. The minimum absolute atomic E-state index is 0.00322. The van der Waals surface area contributed by atoms with Crippen LogP contribution in [0.4, 0.5) is 15.8 Å². The van der Waals surface area contributed by atoms with Crippen molar-refractivity contribution in [1.29, 1.82) is 0 Å². The molecule has 1 unspecified atom stereocenters. The molecule has 0 saturated carbocycles. The zero-order valence-corrected chi connectivity index (χ0v) is 32.3. The van der Waals surface area contributed by atoms with Gasteiger partial charge in [0.1, 0.15) is 17.5 Å². The van der Waals surface area contributed by atoms with Crippen LogP contribution in [0.15, 0.2) is 103 Å². The summed E-state index contributed by atoms with van der Waals surface area (Å²) in [5.41, 5.74) is -0.00743. The summed E-state index contributed by atoms with van der Waals surface area (Å²) in [5.74, 6) is -3.16. The molecule has 0 radical (unpaired) electrons. The summed E-state index contributed by atoms with van der Waals surface area (Å²) in [4.78, 5) is 53.9. The minimum atomic E-state index is -3.81. The van der Waals surface area contributed by atoms with Gasteiger partial charge in [0.05, 0.1) is 18.0 Å². The number of aliphatic hydroxyl groups is 1. The van der Waals surface area contributed by atoms with Gasteiger partial charge in [-0.2, -0.15) is 0 Å². The van der Waals surface area contributed by atoms with E-state index in [1.54, 1.807) is 51.1 Å². The number of hydrogen-bond donors (Lipinski definition) is 5. The first-order valence-corrected chi connectivity index (χ1v) is 19.6. The van der Waals surface area contributed by atoms with E-state index in [0.29, 0.717) is 11.1 Å². The van der Waals surface area contributed by atoms with E-state index in [-0.39, 0.29) is 54.6 Å². The number of anilines is 2. The Morgan fingerprint density at radius 1 is 0.836 bits per heavy atom. The summed E-state index contributed by atoms with van der Waals surface area (Å²) >= 11 is 0. The van der Waals surface area contributed by atoms with E-state index in [1.807, 2.05) is 30.3 Å². The van der Waals surface area contributed by atoms with Gasteiger partial charge in [-0.25, -0.2) is 12.8 Å². The van der Waals surface area contributed by atoms with Crippen LogP contribution < -0.4 is 25.6 Å². The number of carbonyl (C=O) groups is 4. The zero-order chi connectivity index (χ0) is 40.3. The van der Waals surface area contributed by atoms with Gasteiger partial charge in [0.15, 0.2) is 0 Å². The Morgan fingerprint density at radius 3 is 2.02 bits per heavy atom. The molecule has 4 aromatic rings. The molecule has 0 aliphatic carbocycles. The zero-order valence-electron chi connectivity index (χ0n) is 31.5. The molecule has 55 heavy (non-hydrogen) atoms. The van der Waals surface area contributed by atoms with Gasteiger partial charge < -0.3 is 26.4 Å². The molecule has 0 fully saturated rings. The molecule has 0 saturated heterocycles. The predicted molar refractivity (Wildman–Crippen MR) is 210 cm³/mol. The molecular formula is C41H48FN5O7S. The Morgan fingerprint density at radius 2 is 1.44 bits per heavy atom. The summed E-state index contributed by atoms with van der Waals surface area (Å²) in [6, 6.07) is 26.2. The van der Waals surface area contributed by atoms with Crippen molar-refractivity contribution in [2.24, 2.45) is 5.92 Å². The van der Waals surface area contributed by atoms with Gasteiger partial charge in [-0.1, -0.05) is 86.6 Å². The van der Waals surface area contributed by atoms with Crippen LogP contribution in [0.3, 0.4) is 0 Å². The third-order valence-corrected chi connectivity index (χ3v) is 10.3. The molecule has 0 aliphatic heterocycles. The lowest BCUT2D eigenvalue weighted by atomic mass is 9.88. The van der Waals surface area contributed by atoms with E-state index in [2.05, 4.69) is 21.3 Å².